The Morgan fingerprint density at radius 1 is 0.276 bits per heavy atom. The van der Waals surface area contributed by atoms with Gasteiger partial charge in [-0.05, 0) is 190 Å². The summed E-state index contributed by atoms with van der Waals surface area (Å²) in [6.45, 7) is 35.1. The van der Waals surface area contributed by atoms with Gasteiger partial charge in [-0.15, -0.1) is 0 Å². The van der Waals surface area contributed by atoms with Gasteiger partial charge < -0.3 is 89.3 Å². The monoisotopic (exact) mass is 1940 g/mol. The normalized spacial score (nSPS) is 12.6. The van der Waals surface area contributed by atoms with E-state index in [1.165, 1.54) is 0 Å². The van der Waals surface area contributed by atoms with Crippen molar-refractivity contribution in [1.29, 1.82) is 0 Å². The third-order valence-electron chi connectivity index (χ3n) is 21.6. The number of hydrogen-bond acceptors (Lipinski definition) is 18. The molecule has 0 bridgehead atoms. The molecular weight excluding hydrogens is 1830 g/mol. The van der Waals surface area contributed by atoms with E-state index in [0.717, 1.165) is 223 Å². The fourth-order valence-corrected chi connectivity index (χ4v) is 16.2. The summed E-state index contributed by atoms with van der Waals surface area (Å²) in [7, 11) is -3.37. The molecule has 134 heavy (non-hydrogen) atoms. The molecular formula is C96H116BF16N3O16P2-2. The summed E-state index contributed by atoms with van der Waals surface area (Å²) in [4.78, 5) is 4.64. The maximum absolute atomic E-state index is 10.7. The Labute approximate surface area is 769 Å². The standard InChI is InChI=1S/C31H41NO5.C28H29N2O3.C28H34O6.C9H12O2.BF3.2F6P.FH/c1-11-32(12-2)22-15-21(5)29(25(16-22)35-8)31(28-20(4)13-19(3)14-24(28)34-7)30-26(36-9)17-23(33-6)18-27(30)37-10;1-6-29(7-2)17-12-21-26-23(14-17)33-24-15-18(30(8-3)9-4)13-22-27(24)28(26)25-19(31-21)10-16(5)11-20(25)32-22;1-16-10-17(2)25(21(11-16)31-6)28(26-18(3)12-19(29-4)13-22(26)32-7)27-23(33-8)14-20(30-5)15-24(27)34-9;1-7-4-8(10-2)6-9(5-7)11-3;2-1(3)4;2*1-7(2,3,4,5)6;/h13-18,31H,11-12H2,1-10H3;10-15H,6-9H2,1-5H3;10-15,28H,1-9H3;4-6H,1-3H3;;;;1H/q;+1;;;;2*-1;/p-1. The molecule has 19 nitrogen and oxygen atoms in total. The number of aryl methyl sites for hydroxylation is 8. The number of hydrogen-bond donors (Lipinski definition) is 0. The van der Waals surface area contributed by atoms with Crippen molar-refractivity contribution in [1.82, 2.24) is 4.58 Å². The van der Waals surface area contributed by atoms with E-state index in [1.54, 1.807) is 92.4 Å². The van der Waals surface area contributed by atoms with Gasteiger partial charge in [-0.2, -0.15) is 0 Å². The van der Waals surface area contributed by atoms with Gasteiger partial charge in [-0.25, -0.2) is 4.58 Å². The predicted molar refractivity (Wildman–Crippen MR) is 502 cm³/mol. The van der Waals surface area contributed by atoms with E-state index in [4.69, 9.17) is 74.8 Å². The fraction of sp³-hybridized carbons (Fsp3) is 0.365. The molecule has 0 aliphatic carbocycles. The topological polar surface area (TPSA) is 169 Å². The molecule has 13 aromatic rings. The maximum atomic E-state index is 9.87. The van der Waals surface area contributed by atoms with Crippen molar-refractivity contribution >= 4 is 89.6 Å². The van der Waals surface area contributed by atoms with Gasteiger partial charge >= 0.3 is 73.5 Å². The number of nitrogens with zero attached hydrogens (tertiary/aromatic N) is 3. The minimum Gasteiger partial charge on any atom is -1.00 e. The van der Waals surface area contributed by atoms with Gasteiger partial charge in [0, 0.05) is 143 Å². The molecule has 0 spiro atoms. The van der Waals surface area contributed by atoms with Gasteiger partial charge in [0.15, 0.2) is 0 Å². The van der Waals surface area contributed by atoms with Crippen LogP contribution < -0.4 is 86.0 Å². The number of ether oxygens (including phenoxy) is 13. The second kappa shape index (κ2) is 44.0. The van der Waals surface area contributed by atoms with E-state index in [2.05, 4.69) is 164 Å². The van der Waals surface area contributed by atoms with Crippen molar-refractivity contribution in [3.63, 3.8) is 0 Å². The summed E-state index contributed by atoms with van der Waals surface area (Å²) in [6.07, 6.45) is 0. The van der Waals surface area contributed by atoms with Gasteiger partial charge in [-0.1, -0.05) is 12.1 Å². The molecule has 2 atom stereocenters. The molecule has 0 saturated carbocycles. The molecule has 0 amide bonds. The first-order chi connectivity index (χ1) is 62.0. The maximum Gasteiger partial charge on any atom is -1.00 e. The minimum absolute atomic E-state index is 0. The summed E-state index contributed by atoms with van der Waals surface area (Å²) >= 11 is 0. The molecule has 3 heterocycles. The van der Waals surface area contributed by atoms with Crippen LogP contribution in [0.3, 0.4) is 0 Å². The molecule has 0 saturated heterocycles. The second-order valence-corrected chi connectivity index (χ2v) is 34.4. The predicted octanol–water partition coefficient (Wildman–Crippen LogP) is 25.8. The van der Waals surface area contributed by atoms with Crippen LogP contribution in [0.15, 0.2) is 141 Å². The van der Waals surface area contributed by atoms with E-state index in [-0.39, 0.29) is 16.5 Å². The number of halogens is 16. The SMILES string of the molecule is CCN(CC)c1cc(C)c(C(c2c(C)cc(C)cc2OC)c2c(OC)cc(OC)cc2OC)c(OC)c1.CCN(CC)c1cc2oc3cc(C)cc4oc5cc(=[N+](CC)CC)cc6oc(c1)c2c(c34)c56.COc1cc(C)c(C(c2c(C)cc(C)cc2OC)c2c(OC)cc(OC)cc2OC)c(OC)c1.COc1cc(C)cc(OC)c1.FB(F)F.F[P-](F)(F)(F)(F)F.F[P-](F)(F)(F)(F)F.[F-]. The first-order valence-electron chi connectivity index (χ1n) is 41.8. The molecule has 0 aliphatic heterocycles. The molecule has 0 aliphatic rings. The van der Waals surface area contributed by atoms with Gasteiger partial charge in [0.25, 0.3) is 0 Å². The van der Waals surface area contributed by atoms with Crippen molar-refractivity contribution in [3.8, 4) is 74.7 Å². The molecule has 0 fully saturated rings. The van der Waals surface area contributed by atoms with Gasteiger partial charge in [0.1, 0.15) is 121 Å². The molecule has 0 N–H and O–H groups in total. The van der Waals surface area contributed by atoms with E-state index in [1.807, 2.05) is 74.5 Å². The summed E-state index contributed by atoms with van der Waals surface area (Å²) in [5.41, 5.74) is 21.9. The van der Waals surface area contributed by atoms with Crippen LogP contribution >= 0.6 is 15.6 Å². The quantitative estimate of drug-likeness (QED) is 0.00905. The third-order valence-corrected chi connectivity index (χ3v) is 21.6. The summed E-state index contributed by atoms with van der Waals surface area (Å²) < 4.78 is 244. The third kappa shape index (κ3) is 29.1. The Bertz CT molecular complexity index is 6160. The van der Waals surface area contributed by atoms with Crippen LogP contribution in [-0.4, -0.2) is 139 Å². The summed E-state index contributed by atoms with van der Waals surface area (Å²) in [5.74, 6) is 8.75. The van der Waals surface area contributed by atoms with Crippen LogP contribution in [-0.2, 0) is 0 Å². The zero-order valence-electron chi connectivity index (χ0n) is 79.9. The van der Waals surface area contributed by atoms with Gasteiger partial charge in [0.05, 0.1) is 121 Å². The average Bonchev–Trinajstić information content (AvgIpc) is 0.696. The van der Waals surface area contributed by atoms with Crippen molar-refractivity contribution in [2.24, 2.45) is 0 Å². The van der Waals surface area contributed by atoms with Crippen LogP contribution in [0.25, 0.3) is 55.0 Å². The first-order valence-corrected chi connectivity index (χ1v) is 45.8. The van der Waals surface area contributed by atoms with Crippen LogP contribution in [0, 0.1) is 55.4 Å². The van der Waals surface area contributed by atoms with Crippen molar-refractivity contribution in [3.05, 3.63) is 211 Å². The van der Waals surface area contributed by atoms with E-state index >= 15 is 0 Å². The van der Waals surface area contributed by atoms with Crippen LogP contribution in [0.5, 0.6) is 74.7 Å². The first kappa shape index (κ1) is 111. The fourth-order valence-electron chi connectivity index (χ4n) is 16.2. The van der Waals surface area contributed by atoms with Crippen molar-refractivity contribution in [2.45, 2.75) is 109 Å². The Hall–Kier alpha value is -11.9. The number of benzene rings is 10. The van der Waals surface area contributed by atoms with Crippen LogP contribution in [0.2, 0.25) is 0 Å². The number of anilines is 2. The van der Waals surface area contributed by atoms with E-state index in [0.29, 0.717) is 40.2 Å². The molecule has 10 aromatic carbocycles. The Morgan fingerprint density at radius 3 is 0.784 bits per heavy atom. The van der Waals surface area contributed by atoms with Crippen molar-refractivity contribution in [2.75, 3.05) is 141 Å². The molecule has 2 unspecified atom stereocenters. The molecule has 13 rings (SSSR count). The number of methoxy groups -OCH3 is 13. The molecule has 38 heteroatoms. The summed E-state index contributed by atoms with van der Waals surface area (Å²) in [5, 5.41) is 5.35. The Kier molecular flexibility index (Phi) is 36.4. The largest absolute Gasteiger partial charge is 1.00 e. The number of rotatable bonds is 27. The molecule has 738 valence electrons. The van der Waals surface area contributed by atoms with Crippen LogP contribution in [0.1, 0.15) is 131 Å². The van der Waals surface area contributed by atoms with E-state index in [9.17, 15) is 63.3 Å². The van der Waals surface area contributed by atoms with Crippen LogP contribution in [0.4, 0.5) is 74.7 Å². The van der Waals surface area contributed by atoms with Gasteiger partial charge in [0.2, 0.25) is 5.36 Å². The zero-order valence-corrected chi connectivity index (χ0v) is 81.7. The minimum atomic E-state index is -10.7. The average molecular weight is 1940 g/mol. The zero-order chi connectivity index (χ0) is 99.8. The smallest absolute Gasteiger partial charge is 1.00 e. The van der Waals surface area contributed by atoms with Gasteiger partial charge in [-0.3, -0.25) is 12.9 Å². The summed E-state index contributed by atoms with van der Waals surface area (Å²) in [6, 6.07) is 42.8. The molecule has 0 radical (unpaired) electrons. The Balaban J connectivity index is 0.000000267. The second-order valence-electron chi connectivity index (χ2n) is 30.6. The Morgan fingerprint density at radius 2 is 0.500 bits per heavy atom. The molecule has 3 aromatic heterocycles. The van der Waals surface area contributed by atoms with E-state index < -0.39 is 23.2 Å². The van der Waals surface area contributed by atoms with Crippen molar-refractivity contribution < 1.29 is 143 Å².